The molecule has 0 unspecified atom stereocenters. The van der Waals surface area contributed by atoms with Crippen molar-refractivity contribution in [1.82, 2.24) is 5.32 Å². The van der Waals surface area contributed by atoms with E-state index in [0.717, 1.165) is 11.3 Å². The Bertz CT molecular complexity index is 731. The van der Waals surface area contributed by atoms with Crippen molar-refractivity contribution < 1.29 is 19.1 Å². The van der Waals surface area contributed by atoms with Crippen LogP contribution >= 0.6 is 0 Å². The molecule has 2 amide bonds. The van der Waals surface area contributed by atoms with E-state index in [-0.39, 0.29) is 24.8 Å². The molecule has 0 aliphatic heterocycles. The molecule has 0 heterocycles. The number of hydrogen-bond acceptors (Lipinski definition) is 4. The van der Waals surface area contributed by atoms with Gasteiger partial charge in [0, 0.05) is 12.7 Å². The molecule has 6 heteroatoms. The quantitative estimate of drug-likeness (QED) is 0.836. The topological polar surface area (TPSA) is 67.9 Å². The summed E-state index contributed by atoms with van der Waals surface area (Å²) < 4.78 is 10.4. The fourth-order valence-electron chi connectivity index (χ4n) is 2.33. The van der Waals surface area contributed by atoms with Crippen LogP contribution in [0.4, 0.5) is 5.69 Å². The van der Waals surface area contributed by atoms with Crippen LogP contribution in [0.15, 0.2) is 48.5 Å². The molecule has 2 aromatic rings. The Morgan fingerprint density at radius 3 is 2.32 bits per heavy atom. The standard InChI is InChI=1S/C19H22N2O4/c1-21(15-7-5-4-6-8-15)19(23)13-20-18(22)12-14-9-10-16(24-2)17(11-14)25-3/h4-11H,12-13H2,1-3H3,(H,20,22). The highest BCUT2D eigenvalue weighted by Gasteiger charge is 2.13. The first-order valence-corrected chi connectivity index (χ1v) is 7.84. The number of carbonyl (C=O) groups excluding carboxylic acids is 2. The van der Waals surface area contributed by atoms with Crippen LogP contribution in [0, 0.1) is 0 Å². The van der Waals surface area contributed by atoms with Gasteiger partial charge in [0.15, 0.2) is 11.5 Å². The van der Waals surface area contributed by atoms with E-state index in [1.54, 1.807) is 39.5 Å². The number of methoxy groups -OCH3 is 2. The summed E-state index contributed by atoms with van der Waals surface area (Å²) in [4.78, 5) is 25.7. The second-order valence-electron chi connectivity index (χ2n) is 5.43. The first-order chi connectivity index (χ1) is 12.0. The SMILES string of the molecule is COc1ccc(CC(=O)NCC(=O)N(C)c2ccccc2)cc1OC. The number of carbonyl (C=O) groups is 2. The minimum Gasteiger partial charge on any atom is -0.493 e. The molecule has 0 bridgehead atoms. The van der Waals surface area contributed by atoms with Gasteiger partial charge in [-0.05, 0) is 29.8 Å². The molecular weight excluding hydrogens is 320 g/mol. The fourth-order valence-corrected chi connectivity index (χ4v) is 2.33. The van der Waals surface area contributed by atoms with Gasteiger partial charge in [-0.15, -0.1) is 0 Å². The molecule has 6 nitrogen and oxygen atoms in total. The third-order valence-electron chi connectivity index (χ3n) is 3.77. The number of amides is 2. The molecule has 0 aliphatic rings. The van der Waals surface area contributed by atoms with Gasteiger partial charge in [-0.1, -0.05) is 24.3 Å². The Labute approximate surface area is 147 Å². The Balaban J connectivity index is 1.89. The lowest BCUT2D eigenvalue weighted by Gasteiger charge is -2.17. The molecule has 25 heavy (non-hydrogen) atoms. The maximum Gasteiger partial charge on any atom is 0.246 e. The van der Waals surface area contributed by atoms with E-state index < -0.39 is 0 Å². The van der Waals surface area contributed by atoms with Crippen LogP contribution in [0.1, 0.15) is 5.56 Å². The molecule has 0 fully saturated rings. The van der Waals surface area contributed by atoms with Crippen molar-refractivity contribution >= 4 is 17.5 Å². The predicted molar refractivity (Wildman–Crippen MR) is 96.1 cm³/mol. The average molecular weight is 342 g/mol. The molecule has 0 atom stereocenters. The van der Waals surface area contributed by atoms with Crippen molar-refractivity contribution in [3.63, 3.8) is 0 Å². The van der Waals surface area contributed by atoms with Crippen LogP contribution in [0.3, 0.4) is 0 Å². The van der Waals surface area contributed by atoms with Gasteiger partial charge in [-0.3, -0.25) is 9.59 Å². The molecule has 0 radical (unpaired) electrons. The van der Waals surface area contributed by atoms with Gasteiger partial charge in [0.05, 0.1) is 27.2 Å². The van der Waals surface area contributed by atoms with Gasteiger partial charge in [-0.25, -0.2) is 0 Å². The minimum absolute atomic E-state index is 0.0580. The summed E-state index contributed by atoms with van der Waals surface area (Å²) >= 11 is 0. The van der Waals surface area contributed by atoms with Gasteiger partial charge >= 0.3 is 0 Å². The third kappa shape index (κ3) is 4.97. The van der Waals surface area contributed by atoms with E-state index in [1.807, 2.05) is 30.3 Å². The van der Waals surface area contributed by atoms with Gasteiger partial charge in [0.25, 0.3) is 0 Å². The van der Waals surface area contributed by atoms with Gasteiger partial charge in [0.1, 0.15) is 0 Å². The zero-order chi connectivity index (χ0) is 18.2. The van der Waals surface area contributed by atoms with E-state index in [0.29, 0.717) is 11.5 Å². The number of rotatable bonds is 7. The molecule has 2 rings (SSSR count). The van der Waals surface area contributed by atoms with Crippen molar-refractivity contribution in [3.8, 4) is 11.5 Å². The van der Waals surface area contributed by atoms with Crippen molar-refractivity contribution in [1.29, 1.82) is 0 Å². The van der Waals surface area contributed by atoms with Crippen LogP contribution in [0.25, 0.3) is 0 Å². The Morgan fingerprint density at radius 2 is 1.68 bits per heavy atom. The summed E-state index contributed by atoms with van der Waals surface area (Å²) in [5.74, 6) is 0.743. The molecule has 0 aromatic heterocycles. The average Bonchev–Trinajstić information content (AvgIpc) is 2.66. The van der Waals surface area contributed by atoms with E-state index in [1.165, 1.54) is 4.90 Å². The maximum absolute atomic E-state index is 12.2. The van der Waals surface area contributed by atoms with E-state index in [2.05, 4.69) is 5.32 Å². The number of likely N-dealkylation sites (N-methyl/N-ethyl adjacent to an activating group) is 1. The van der Waals surface area contributed by atoms with E-state index in [9.17, 15) is 9.59 Å². The van der Waals surface area contributed by atoms with Gasteiger partial charge in [-0.2, -0.15) is 0 Å². The van der Waals surface area contributed by atoms with Crippen LogP contribution < -0.4 is 19.7 Å². The predicted octanol–water partition coefficient (Wildman–Crippen LogP) is 2.03. The van der Waals surface area contributed by atoms with Crippen molar-refractivity contribution in [3.05, 3.63) is 54.1 Å². The molecule has 0 spiro atoms. The number of para-hydroxylation sites is 1. The highest BCUT2D eigenvalue weighted by molar-refractivity contribution is 5.96. The number of hydrogen-bond donors (Lipinski definition) is 1. The molecule has 132 valence electrons. The number of nitrogens with zero attached hydrogens (tertiary/aromatic N) is 1. The van der Waals surface area contributed by atoms with E-state index in [4.69, 9.17) is 9.47 Å². The fraction of sp³-hybridized carbons (Fsp3) is 0.263. The second-order valence-corrected chi connectivity index (χ2v) is 5.43. The molecule has 0 saturated carbocycles. The summed E-state index contributed by atoms with van der Waals surface area (Å²) in [5, 5.41) is 2.65. The smallest absolute Gasteiger partial charge is 0.246 e. The Kier molecular flexibility index (Phi) is 6.39. The lowest BCUT2D eigenvalue weighted by Crippen LogP contribution is -2.38. The van der Waals surface area contributed by atoms with Crippen LogP contribution in [0.5, 0.6) is 11.5 Å². The summed E-state index contributed by atoms with van der Waals surface area (Å²) in [6.45, 7) is -0.0580. The molecular formula is C19H22N2O4. The monoisotopic (exact) mass is 342 g/mol. The van der Waals surface area contributed by atoms with E-state index >= 15 is 0 Å². The number of nitrogens with one attached hydrogen (secondary N) is 1. The molecule has 0 aliphatic carbocycles. The highest BCUT2D eigenvalue weighted by atomic mass is 16.5. The lowest BCUT2D eigenvalue weighted by atomic mass is 10.1. The summed E-state index contributed by atoms with van der Waals surface area (Å²) in [5.41, 5.74) is 1.56. The normalized spacial score (nSPS) is 10.0. The second kappa shape index (κ2) is 8.73. The number of anilines is 1. The zero-order valence-electron chi connectivity index (χ0n) is 14.6. The van der Waals surface area contributed by atoms with Crippen LogP contribution in [0.2, 0.25) is 0 Å². The van der Waals surface area contributed by atoms with Crippen molar-refractivity contribution in [2.24, 2.45) is 0 Å². The summed E-state index contributed by atoms with van der Waals surface area (Å²) in [7, 11) is 4.77. The Hall–Kier alpha value is -3.02. The maximum atomic E-state index is 12.2. The minimum atomic E-state index is -0.234. The summed E-state index contributed by atoms with van der Waals surface area (Å²) in [6, 6.07) is 14.5. The zero-order valence-corrected chi connectivity index (χ0v) is 14.6. The van der Waals surface area contributed by atoms with Gasteiger partial charge in [0.2, 0.25) is 11.8 Å². The summed E-state index contributed by atoms with van der Waals surface area (Å²) in [6.07, 6.45) is 0.155. The number of ether oxygens (including phenoxy) is 2. The molecule has 0 saturated heterocycles. The van der Waals surface area contributed by atoms with Crippen LogP contribution in [-0.4, -0.2) is 39.6 Å². The van der Waals surface area contributed by atoms with Crippen LogP contribution in [-0.2, 0) is 16.0 Å². The first-order valence-electron chi connectivity index (χ1n) is 7.84. The lowest BCUT2D eigenvalue weighted by molar-refractivity contribution is -0.124. The largest absolute Gasteiger partial charge is 0.493 e. The van der Waals surface area contributed by atoms with Crippen molar-refractivity contribution in [2.45, 2.75) is 6.42 Å². The van der Waals surface area contributed by atoms with Gasteiger partial charge < -0.3 is 19.7 Å². The molecule has 1 N–H and O–H groups in total. The molecule has 2 aromatic carbocycles. The Morgan fingerprint density at radius 1 is 1.00 bits per heavy atom. The van der Waals surface area contributed by atoms with Crippen molar-refractivity contribution in [2.75, 3.05) is 32.7 Å². The highest BCUT2D eigenvalue weighted by Crippen LogP contribution is 2.27. The third-order valence-corrected chi connectivity index (χ3v) is 3.77. The first kappa shape index (κ1) is 18.3. The number of benzene rings is 2.